The van der Waals surface area contributed by atoms with Gasteiger partial charge in [-0.3, -0.25) is 9.89 Å². The number of anilines is 3. The fourth-order valence-corrected chi connectivity index (χ4v) is 5.04. The van der Waals surface area contributed by atoms with Crippen LogP contribution in [0.15, 0.2) is 55.1 Å². The number of imidazole rings is 1. The third-order valence-electron chi connectivity index (χ3n) is 6.88. The van der Waals surface area contributed by atoms with Gasteiger partial charge in [-0.1, -0.05) is 26.0 Å². The Morgan fingerprint density at radius 3 is 2.67 bits per heavy atom. The van der Waals surface area contributed by atoms with Crippen LogP contribution in [0, 0.1) is 5.41 Å². The van der Waals surface area contributed by atoms with Crippen LogP contribution in [0.3, 0.4) is 0 Å². The lowest BCUT2D eigenvalue weighted by Gasteiger charge is -2.42. The van der Waals surface area contributed by atoms with E-state index >= 15 is 0 Å². The van der Waals surface area contributed by atoms with Gasteiger partial charge in [0.05, 0.1) is 12.7 Å². The number of benzene rings is 1. The van der Waals surface area contributed by atoms with E-state index in [-0.39, 0.29) is 11.9 Å². The van der Waals surface area contributed by atoms with Crippen LogP contribution in [-0.4, -0.2) is 48.2 Å². The van der Waals surface area contributed by atoms with E-state index in [0.717, 1.165) is 48.6 Å². The smallest absolute Gasteiger partial charge is 0.271 e. The Morgan fingerprint density at radius 1 is 1.08 bits per heavy atom. The van der Waals surface area contributed by atoms with Crippen molar-refractivity contribution in [2.45, 2.75) is 45.8 Å². The standard InChI is InChI=1S/C26H29N9O/c1-26(2)11-20(12-26)31-24(36)21-15-34-9-10-35(16-23(34)32-21)25-27-8-7-22(33-25)30-19-5-3-17(4-6-19)18-13-28-29-14-18/h3-8,13-15,20H,9-12,16H2,1-2H3,(H,28,29)(H,31,36)(H,27,30,33). The molecular formula is C26H29N9O. The largest absolute Gasteiger partial charge is 0.348 e. The Labute approximate surface area is 209 Å². The molecule has 0 atom stereocenters. The van der Waals surface area contributed by atoms with E-state index < -0.39 is 0 Å². The van der Waals surface area contributed by atoms with Gasteiger partial charge >= 0.3 is 0 Å². The second-order valence-electron chi connectivity index (χ2n) is 10.3. The highest BCUT2D eigenvalue weighted by Gasteiger charge is 2.37. The van der Waals surface area contributed by atoms with Crippen LogP contribution in [-0.2, 0) is 13.1 Å². The summed E-state index contributed by atoms with van der Waals surface area (Å²) in [4.78, 5) is 28.6. The van der Waals surface area contributed by atoms with Gasteiger partial charge in [-0.2, -0.15) is 10.1 Å². The van der Waals surface area contributed by atoms with Crippen molar-refractivity contribution in [1.29, 1.82) is 0 Å². The number of amides is 1. The molecule has 4 heterocycles. The van der Waals surface area contributed by atoms with E-state index in [9.17, 15) is 4.79 Å². The molecule has 0 radical (unpaired) electrons. The molecule has 0 spiro atoms. The van der Waals surface area contributed by atoms with Crippen molar-refractivity contribution in [2.75, 3.05) is 16.8 Å². The molecule has 6 rings (SSSR count). The van der Waals surface area contributed by atoms with Gasteiger partial charge in [0.25, 0.3) is 5.91 Å². The maximum atomic E-state index is 12.7. The summed E-state index contributed by atoms with van der Waals surface area (Å²) < 4.78 is 2.06. The average Bonchev–Trinajstić information content (AvgIpc) is 3.53. The van der Waals surface area contributed by atoms with Crippen molar-refractivity contribution in [3.05, 3.63) is 66.6 Å². The lowest BCUT2D eigenvalue weighted by atomic mass is 9.68. The molecule has 10 nitrogen and oxygen atoms in total. The highest BCUT2D eigenvalue weighted by atomic mass is 16.2. The minimum atomic E-state index is -0.0924. The molecule has 1 fully saturated rings. The number of aromatic nitrogens is 6. The average molecular weight is 484 g/mol. The van der Waals surface area contributed by atoms with E-state index in [1.54, 1.807) is 12.4 Å². The maximum absolute atomic E-state index is 12.7. The van der Waals surface area contributed by atoms with Gasteiger partial charge in [0.1, 0.15) is 17.3 Å². The van der Waals surface area contributed by atoms with Gasteiger partial charge in [0.15, 0.2) is 0 Å². The monoisotopic (exact) mass is 483 g/mol. The van der Waals surface area contributed by atoms with Gasteiger partial charge in [-0.15, -0.1) is 0 Å². The van der Waals surface area contributed by atoms with Crippen LogP contribution in [0.1, 0.15) is 43.0 Å². The predicted octanol–water partition coefficient (Wildman–Crippen LogP) is 3.75. The maximum Gasteiger partial charge on any atom is 0.271 e. The molecule has 36 heavy (non-hydrogen) atoms. The molecule has 10 heteroatoms. The first-order valence-corrected chi connectivity index (χ1v) is 12.2. The third-order valence-corrected chi connectivity index (χ3v) is 6.88. The van der Waals surface area contributed by atoms with Gasteiger partial charge in [0.2, 0.25) is 5.95 Å². The molecule has 0 saturated heterocycles. The lowest BCUT2D eigenvalue weighted by molar-refractivity contribution is 0.0798. The molecule has 3 aromatic heterocycles. The number of rotatable bonds is 6. The van der Waals surface area contributed by atoms with E-state index in [1.165, 1.54) is 0 Å². The van der Waals surface area contributed by atoms with Crippen molar-refractivity contribution >= 4 is 23.4 Å². The lowest BCUT2D eigenvalue weighted by Crippen LogP contribution is -2.48. The van der Waals surface area contributed by atoms with Gasteiger partial charge in [0, 0.05) is 49.0 Å². The fraction of sp³-hybridized carbons (Fsp3) is 0.346. The number of hydrogen-bond donors (Lipinski definition) is 3. The quantitative estimate of drug-likeness (QED) is 0.382. The summed E-state index contributed by atoms with van der Waals surface area (Å²) in [6.45, 7) is 6.47. The summed E-state index contributed by atoms with van der Waals surface area (Å²) in [7, 11) is 0. The second-order valence-corrected chi connectivity index (χ2v) is 10.3. The van der Waals surface area contributed by atoms with E-state index in [4.69, 9.17) is 4.98 Å². The first kappa shape index (κ1) is 22.3. The number of fused-ring (bicyclic) bond motifs is 1. The summed E-state index contributed by atoms with van der Waals surface area (Å²) in [6, 6.07) is 10.2. The van der Waals surface area contributed by atoms with Gasteiger partial charge in [-0.25, -0.2) is 9.97 Å². The molecule has 0 bridgehead atoms. The molecule has 0 unspecified atom stereocenters. The highest BCUT2D eigenvalue weighted by molar-refractivity contribution is 5.92. The van der Waals surface area contributed by atoms with Gasteiger partial charge in [-0.05, 0) is 42.0 Å². The van der Waals surface area contributed by atoms with Crippen LogP contribution in [0.25, 0.3) is 11.1 Å². The summed E-state index contributed by atoms with van der Waals surface area (Å²) in [5, 5.41) is 13.3. The minimum Gasteiger partial charge on any atom is -0.348 e. The molecule has 3 N–H and O–H groups in total. The molecule has 1 aliphatic carbocycles. The number of hydrogen-bond acceptors (Lipinski definition) is 7. The number of aromatic amines is 1. The van der Waals surface area contributed by atoms with Gasteiger partial charge < -0.3 is 20.1 Å². The molecule has 1 saturated carbocycles. The number of carbonyl (C=O) groups excluding carboxylic acids is 1. The zero-order valence-electron chi connectivity index (χ0n) is 20.4. The van der Waals surface area contributed by atoms with Crippen LogP contribution >= 0.6 is 0 Å². The Hall–Kier alpha value is -4.21. The molecule has 1 aromatic carbocycles. The zero-order valence-corrected chi connectivity index (χ0v) is 20.4. The Balaban J connectivity index is 1.11. The SMILES string of the molecule is CC1(C)CC(NC(=O)c2cn3c(n2)CN(c2nccc(Nc4ccc(-c5cn[nH]c5)cc4)n2)CC3)C1. The van der Waals surface area contributed by atoms with Crippen molar-refractivity contribution in [1.82, 2.24) is 35.0 Å². The Morgan fingerprint density at radius 2 is 1.92 bits per heavy atom. The first-order valence-electron chi connectivity index (χ1n) is 12.2. The van der Waals surface area contributed by atoms with Crippen molar-refractivity contribution < 1.29 is 4.79 Å². The van der Waals surface area contributed by atoms with Crippen molar-refractivity contribution in [3.8, 4) is 11.1 Å². The fourth-order valence-electron chi connectivity index (χ4n) is 5.04. The summed E-state index contributed by atoms with van der Waals surface area (Å²) in [5.74, 6) is 2.10. The van der Waals surface area contributed by atoms with Crippen molar-refractivity contribution in [3.63, 3.8) is 0 Å². The minimum absolute atomic E-state index is 0.0924. The molecule has 1 aliphatic heterocycles. The zero-order chi connectivity index (χ0) is 24.7. The van der Waals surface area contributed by atoms with E-state index in [0.29, 0.717) is 29.4 Å². The molecule has 184 valence electrons. The second kappa shape index (κ2) is 8.78. The molecule has 2 aliphatic rings. The number of carbonyl (C=O) groups is 1. The number of nitrogens with zero attached hydrogens (tertiary/aromatic N) is 6. The van der Waals surface area contributed by atoms with Crippen molar-refractivity contribution in [2.24, 2.45) is 5.41 Å². The van der Waals surface area contributed by atoms with Crippen LogP contribution in [0.2, 0.25) is 0 Å². The highest BCUT2D eigenvalue weighted by Crippen LogP contribution is 2.39. The summed E-state index contributed by atoms with van der Waals surface area (Å²) in [5.41, 5.74) is 3.87. The number of nitrogens with one attached hydrogen (secondary N) is 3. The molecular weight excluding hydrogens is 454 g/mol. The molecule has 1 amide bonds. The van der Waals surface area contributed by atoms with E-state index in [1.807, 2.05) is 42.7 Å². The van der Waals surface area contributed by atoms with E-state index in [2.05, 4.69) is 54.1 Å². The van der Waals surface area contributed by atoms with Crippen LogP contribution in [0.5, 0.6) is 0 Å². The third kappa shape index (κ3) is 4.53. The first-order chi connectivity index (χ1) is 17.4. The number of H-pyrrole nitrogens is 1. The van der Waals surface area contributed by atoms with Crippen LogP contribution < -0.4 is 15.5 Å². The van der Waals surface area contributed by atoms with Crippen LogP contribution in [0.4, 0.5) is 17.5 Å². The normalized spacial score (nSPS) is 16.8. The summed E-state index contributed by atoms with van der Waals surface area (Å²) >= 11 is 0. The predicted molar refractivity (Wildman–Crippen MR) is 137 cm³/mol. The summed E-state index contributed by atoms with van der Waals surface area (Å²) in [6.07, 6.45) is 9.30. The molecule has 4 aromatic rings. The topological polar surface area (TPSA) is 117 Å². The Kier molecular flexibility index (Phi) is 5.43. The Bertz CT molecular complexity index is 1370.